The molecule has 162 valence electrons. The normalized spacial score (nSPS) is 10.9. The summed E-state index contributed by atoms with van der Waals surface area (Å²) in [4.78, 5) is 44.5. The third-order valence-corrected chi connectivity index (χ3v) is 4.26. The largest absolute Gasteiger partial charge is 0.322 e. The lowest BCUT2D eigenvalue weighted by Crippen LogP contribution is -2.37. The molecule has 12 heteroatoms. The summed E-state index contributed by atoms with van der Waals surface area (Å²) in [7, 11) is 0. The van der Waals surface area contributed by atoms with E-state index in [4.69, 9.17) is 11.6 Å². The van der Waals surface area contributed by atoms with Gasteiger partial charge in [-0.1, -0.05) is 11.6 Å². The molecule has 0 saturated carbocycles. The van der Waals surface area contributed by atoms with Gasteiger partial charge in [0, 0.05) is 34.1 Å². The van der Waals surface area contributed by atoms with Crippen LogP contribution in [-0.2, 0) is 16.0 Å². The number of nitrogens with one attached hydrogen (secondary N) is 3. The van der Waals surface area contributed by atoms with Crippen molar-refractivity contribution in [3.05, 3.63) is 84.5 Å². The fourth-order valence-corrected chi connectivity index (χ4v) is 2.77. The van der Waals surface area contributed by atoms with Crippen LogP contribution in [0.5, 0.6) is 0 Å². The van der Waals surface area contributed by atoms with Crippen LogP contribution in [0, 0.1) is 27.2 Å². The molecule has 2 aromatic rings. The van der Waals surface area contributed by atoms with Crippen LogP contribution in [0.4, 0.5) is 17.1 Å². The number of non-ortho nitro benzene ring substituents is 1. The molecule has 2 rings (SSSR count). The van der Waals surface area contributed by atoms with Crippen molar-refractivity contribution < 1.29 is 19.4 Å². The second-order valence-electron chi connectivity index (χ2n) is 6.45. The third-order valence-electron chi connectivity index (χ3n) is 4.02. The summed E-state index contributed by atoms with van der Waals surface area (Å²) in [5.74, 6) is -1.09. The molecule has 11 nitrogen and oxygen atoms in total. The highest BCUT2D eigenvalue weighted by atomic mass is 35.5. The van der Waals surface area contributed by atoms with Gasteiger partial charge in [-0.3, -0.25) is 35.2 Å². The molecule has 2 amide bonds. The number of hydrogen-bond donors (Lipinski definition) is 3. The van der Waals surface area contributed by atoms with Crippen LogP contribution in [-0.4, -0.2) is 21.7 Å². The number of hydrazine groups is 1. The second kappa shape index (κ2) is 10.2. The predicted octanol–water partition coefficient (Wildman–Crippen LogP) is 3.17. The van der Waals surface area contributed by atoms with Gasteiger partial charge < -0.3 is 10.7 Å². The van der Waals surface area contributed by atoms with E-state index in [0.717, 1.165) is 23.8 Å². The Hall–Kier alpha value is -3.99. The minimum Gasteiger partial charge on any atom is -0.322 e. The zero-order chi connectivity index (χ0) is 23.1. The number of nitro benzene ring substituents is 2. The Labute approximate surface area is 181 Å². The van der Waals surface area contributed by atoms with Crippen molar-refractivity contribution in [1.82, 2.24) is 10.9 Å². The summed E-state index contributed by atoms with van der Waals surface area (Å²) < 4.78 is 0. The van der Waals surface area contributed by atoms with Gasteiger partial charge in [-0.2, -0.15) is 0 Å². The third kappa shape index (κ3) is 6.78. The molecule has 0 spiro atoms. The van der Waals surface area contributed by atoms with Crippen LogP contribution in [0.3, 0.4) is 0 Å². The molecule has 31 heavy (non-hydrogen) atoms. The van der Waals surface area contributed by atoms with Gasteiger partial charge in [0.1, 0.15) is 0 Å². The number of amides is 2. The van der Waals surface area contributed by atoms with Crippen LogP contribution in [0.2, 0.25) is 5.02 Å². The number of hydrogen-bond acceptors (Lipinski definition) is 7. The molecule has 0 radical (unpaired) electrons. The molecule has 3 N–H and O–H groups in total. The summed E-state index contributed by atoms with van der Waals surface area (Å²) in [6, 6.07) is 8.02. The van der Waals surface area contributed by atoms with Crippen molar-refractivity contribution in [1.29, 1.82) is 0 Å². The lowest BCUT2D eigenvalue weighted by molar-refractivity contribution is -0.394. The molecule has 0 fully saturated rings. The summed E-state index contributed by atoms with van der Waals surface area (Å²) >= 11 is 5.87. The summed E-state index contributed by atoms with van der Waals surface area (Å²) in [5.41, 5.74) is 5.51. The first-order chi connectivity index (χ1) is 14.6. The van der Waals surface area contributed by atoms with E-state index in [2.05, 4.69) is 16.2 Å². The first-order valence-corrected chi connectivity index (χ1v) is 9.16. The SMILES string of the molecule is CC(=CC(=O)Nc1ccc(Cl)cc1C)NNC(=O)Cc1ccc([N+](=O)[O-])cc1[N+](=O)[O-]. The van der Waals surface area contributed by atoms with Crippen molar-refractivity contribution in [2.45, 2.75) is 20.3 Å². The molecule has 0 unspecified atom stereocenters. The Morgan fingerprint density at radius 3 is 2.39 bits per heavy atom. The molecule has 0 aliphatic heterocycles. The molecule has 0 aliphatic rings. The Bertz CT molecular complexity index is 1090. The van der Waals surface area contributed by atoms with E-state index < -0.39 is 39.5 Å². The van der Waals surface area contributed by atoms with E-state index in [9.17, 15) is 29.8 Å². The Morgan fingerprint density at radius 2 is 1.77 bits per heavy atom. The van der Waals surface area contributed by atoms with Gasteiger partial charge in [-0.15, -0.1) is 0 Å². The van der Waals surface area contributed by atoms with Crippen molar-refractivity contribution >= 4 is 40.5 Å². The molecule has 0 heterocycles. The number of halogens is 1. The standard InChI is InChI=1S/C19H18ClN5O6/c1-11-7-14(20)4-6-16(11)21-18(26)8-12(2)22-23-19(27)9-13-3-5-15(24(28)29)10-17(13)25(30)31/h3-8,10,22H,9H2,1-2H3,(H,21,26)(H,23,27). The van der Waals surface area contributed by atoms with Crippen molar-refractivity contribution in [3.63, 3.8) is 0 Å². The minimum atomic E-state index is -0.794. The Balaban J connectivity index is 1.96. The van der Waals surface area contributed by atoms with Crippen molar-refractivity contribution in [2.24, 2.45) is 0 Å². The van der Waals surface area contributed by atoms with Gasteiger partial charge >= 0.3 is 0 Å². The lowest BCUT2D eigenvalue weighted by Gasteiger charge is -2.10. The molecule has 0 aliphatic carbocycles. The van der Waals surface area contributed by atoms with E-state index in [0.29, 0.717) is 16.4 Å². The number of anilines is 1. The zero-order valence-corrected chi connectivity index (χ0v) is 17.2. The van der Waals surface area contributed by atoms with Gasteiger partial charge in [-0.25, -0.2) is 0 Å². The highest BCUT2D eigenvalue weighted by Crippen LogP contribution is 2.25. The molecular formula is C19H18ClN5O6. The summed E-state index contributed by atoms with van der Waals surface area (Å²) in [6.07, 6.45) is 0.813. The van der Waals surface area contributed by atoms with Gasteiger partial charge in [0.05, 0.1) is 22.3 Å². The first-order valence-electron chi connectivity index (χ1n) is 8.79. The second-order valence-corrected chi connectivity index (χ2v) is 6.89. The highest BCUT2D eigenvalue weighted by molar-refractivity contribution is 6.30. The quantitative estimate of drug-likeness (QED) is 0.318. The topological polar surface area (TPSA) is 157 Å². The molecule has 0 aromatic heterocycles. The minimum absolute atomic E-state index is 0.00693. The summed E-state index contributed by atoms with van der Waals surface area (Å²) in [5, 5.41) is 25.1. The predicted molar refractivity (Wildman–Crippen MR) is 113 cm³/mol. The molecule has 0 bridgehead atoms. The fraction of sp³-hybridized carbons (Fsp3) is 0.158. The van der Waals surface area contributed by atoms with Gasteiger partial charge in [0.25, 0.3) is 11.4 Å². The van der Waals surface area contributed by atoms with Crippen LogP contribution < -0.4 is 16.2 Å². The van der Waals surface area contributed by atoms with E-state index in [1.54, 1.807) is 25.1 Å². The van der Waals surface area contributed by atoms with Gasteiger partial charge in [0.15, 0.2) is 0 Å². The van der Waals surface area contributed by atoms with Crippen molar-refractivity contribution in [3.8, 4) is 0 Å². The maximum absolute atomic E-state index is 12.1. The number of nitro groups is 2. The van der Waals surface area contributed by atoms with Crippen LogP contribution >= 0.6 is 11.6 Å². The van der Waals surface area contributed by atoms with Crippen LogP contribution in [0.25, 0.3) is 0 Å². The lowest BCUT2D eigenvalue weighted by atomic mass is 10.1. The number of carbonyl (C=O) groups is 2. The number of carbonyl (C=O) groups excluding carboxylic acids is 2. The molecular weight excluding hydrogens is 430 g/mol. The molecule has 2 aromatic carbocycles. The van der Waals surface area contributed by atoms with E-state index in [-0.39, 0.29) is 5.56 Å². The van der Waals surface area contributed by atoms with Crippen molar-refractivity contribution in [2.75, 3.05) is 5.32 Å². The van der Waals surface area contributed by atoms with Crippen LogP contribution in [0.15, 0.2) is 48.2 Å². The average Bonchev–Trinajstić information content (AvgIpc) is 2.68. The number of nitrogens with zero attached hydrogens (tertiary/aromatic N) is 2. The fourth-order valence-electron chi connectivity index (χ4n) is 2.54. The maximum atomic E-state index is 12.1. The maximum Gasteiger partial charge on any atom is 0.279 e. The number of rotatable bonds is 8. The van der Waals surface area contributed by atoms with Gasteiger partial charge in [0.2, 0.25) is 11.8 Å². The monoisotopic (exact) mass is 447 g/mol. The van der Waals surface area contributed by atoms with E-state index in [1.807, 2.05) is 0 Å². The first kappa shape index (κ1) is 23.3. The number of benzene rings is 2. The van der Waals surface area contributed by atoms with Gasteiger partial charge in [-0.05, 0) is 43.7 Å². The Morgan fingerprint density at radius 1 is 1.06 bits per heavy atom. The molecule has 0 atom stereocenters. The zero-order valence-electron chi connectivity index (χ0n) is 16.5. The average molecular weight is 448 g/mol. The highest BCUT2D eigenvalue weighted by Gasteiger charge is 2.21. The van der Waals surface area contributed by atoms with Crippen LogP contribution in [0.1, 0.15) is 18.1 Å². The Kier molecular flexibility index (Phi) is 7.64. The summed E-state index contributed by atoms with van der Waals surface area (Å²) in [6.45, 7) is 3.32. The van der Waals surface area contributed by atoms with E-state index >= 15 is 0 Å². The number of allylic oxidation sites excluding steroid dienone is 1. The van der Waals surface area contributed by atoms with E-state index in [1.165, 1.54) is 13.0 Å². The molecule has 0 saturated heterocycles. The smallest absolute Gasteiger partial charge is 0.279 e. The number of aryl methyl sites for hydroxylation is 1.